The first-order valence-corrected chi connectivity index (χ1v) is 4.87. The van der Waals surface area contributed by atoms with Crippen molar-refractivity contribution in [2.24, 2.45) is 0 Å². The first-order valence-electron chi connectivity index (χ1n) is 4.07. The fraction of sp³-hybridized carbons (Fsp3) is 0.111. The molecule has 0 aliphatic carbocycles. The average Bonchev–Trinajstić information content (AvgIpc) is 2.67. The molecule has 2 rings (SSSR count). The van der Waals surface area contributed by atoms with Crippen LogP contribution in [0.3, 0.4) is 0 Å². The first-order chi connectivity index (χ1) is 6.79. The van der Waals surface area contributed by atoms with Crippen LogP contribution < -0.4 is 0 Å². The topological polar surface area (TPSA) is 61.8 Å². The number of H-pyrrole nitrogens is 1. The number of hydrogen-bond donors (Lipinski definition) is 2. The van der Waals surface area contributed by atoms with Gasteiger partial charge in [0.1, 0.15) is 6.61 Å². The van der Waals surface area contributed by atoms with Crippen LogP contribution in [0.15, 0.2) is 28.7 Å². The molecule has 4 nitrogen and oxygen atoms in total. The number of nitrogens with zero attached hydrogens (tertiary/aromatic N) is 2. The number of aromatic amines is 1. The van der Waals surface area contributed by atoms with E-state index in [4.69, 9.17) is 5.11 Å². The Balaban J connectivity index is 2.34. The van der Waals surface area contributed by atoms with E-state index in [1.54, 1.807) is 0 Å². The molecule has 0 bridgehead atoms. The highest BCUT2D eigenvalue weighted by Crippen LogP contribution is 2.17. The maximum atomic E-state index is 8.80. The molecule has 5 heteroatoms. The van der Waals surface area contributed by atoms with Crippen LogP contribution in [-0.4, -0.2) is 20.3 Å². The van der Waals surface area contributed by atoms with E-state index < -0.39 is 0 Å². The SMILES string of the molecule is OCc1nc(-c2ccc(Br)cc2)n[nH]1. The summed E-state index contributed by atoms with van der Waals surface area (Å²) in [5.74, 6) is 1.07. The van der Waals surface area contributed by atoms with Gasteiger partial charge in [-0.25, -0.2) is 4.98 Å². The zero-order valence-electron chi connectivity index (χ0n) is 7.24. The molecule has 1 aromatic carbocycles. The van der Waals surface area contributed by atoms with E-state index in [0.29, 0.717) is 11.6 Å². The second-order valence-electron chi connectivity index (χ2n) is 2.77. The van der Waals surface area contributed by atoms with Crippen molar-refractivity contribution in [3.8, 4) is 11.4 Å². The molecule has 1 heterocycles. The fourth-order valence-corrected chi connectivity index (χ4v) is 1.36. The lowest BCUT2D eigenvalue weighted by atomic mass is 10.2. The van der Waals surface area contributed by atoms with E-state index in [0.717, 1.165) is 10.0 Å². The summed E-state index contributed by atoms with van der Waals surface area (Å²) in [6.45, 7) is -0.121. The Kier molecular flexibility index (Phi) is 2.60. The number of benzene rings is 1. The maximum absolute atomic E-state index is 8.80. The molecule has 2 N–H and O–H groups in total. The van der Waals surface area contributed by atoms with Crippen molar-refractivity contribution in [1.82, 2.24) is 15.2 Å². The molecule has 0 atom stereocenters. The van der Waals surface area contributed by atoms with Crippen LogP contribution in [0.2, 0.25) is 0 Å². The van der Waals surface area contributed by atoms with E-state index in [1.807, 2.05) is 24.3 Å². The largest absolute Gasteiger partial charge is 0.388 e. The molecule has 0 saturated heterocycles. The third-order valence-corrected chi connectivity index (χ3v) is 2.31. The van der Waals surface area contributed by atoms with Gasteiger partial charge in [-0.3, -0.25) is 5.10 Å². The van der Waals surface area contributed by atoms with Gasteiger partial charge in [-0.15, -0.1) is 0 Å². The molecule has 0 saturated carbocycles. The van der Waals surface area contributed by atoms with Crippen molar-refractivity contribution in [1.29, 1.82) is 0 Å². The lowest BCUT2D eigenvalue weighted by Gasteiger charge is -1.93. The fourth-order valence-electron chi connectivity index (χ4n) is 1.09. The van der Waals surface area contributed by atoms with Gasteiger partial charge in [-0.1, -0.05) is 28.1 Å². The molecule has 0 spiro atoms. The zero-order chi connectivity index (χ0) is 9.97. The minimum atomic E-state index is -0.121. The van der Waals surface area contributed by atoms with E-state index >= 15 is 0 Å². The number of hydrogen-bond acceptors (Lipinski definition) is 3. The summed E-state index contributed by atoms with van der Waals surface area (Å²) in [6.07, 6.45) is 0. The van der Waals surface area contributed by atoms with Gasteiger partial charge >= 0.3 is 0 Å². The predicted molar refractivity (Wildman–Crippen MR) is 55.4 cm³/mol. The summed E-state index contributed by atoms with van der Waals surface area (Å²) in [4.78, 5) is 4.10. The van der Waals surface area contributed by atoms with Crippen molar-refractivity contribution in [2.45, 2.75) is 6.61 Å². The zero-order valence-corrected chi connectivity index (χ0v) is 8.82. The normalized spacial score (nSPS) is 10.4. The number of rotatable bonds is 2. The molecule has 1 aromatic heterocycles. The highest BCUT2D eigenvalue weighted by molar-refractivity contribution is 9.10. The third-order valence-electron chi connectivity index (χ3n) is 1.78. The number of aromatic nitrogens is 3. The lowest BCUT2D eigenvalue weighted by Crippen LogP contribution is -1.84. The smallest absolute Gasteiger partial charge is 0.181 e. The molecule has 0 amide bonds. The van der Waals surface area contributed by atoms with Gasteiger partial charge in [-0.05, 0) is 12.1 Å². The summed E-state index contributed by atoms with van der Waals surface area (Å²) in [6, 6.07) is 7.66. The van der Waals surface area contributed by atoms with Gasteiger partial charge < -0.3 is 5.11 Å². The second kappa shape index (κ2) is 3.89. The van der Waals surface area contributed by atoms with Gasteiger partial charge in [0.25, 0.3) is 0 Å². The molecule has 0 aliphatic heterocycles. The van der Waals surface area contributed by atoms with E-state index in [-0.39, 0.29) is 6.61 Å². The highest BCUT2D eigenvalue weighted by Gasteiger charge is 2.04. The third kappa shape index (κ3) is 1.83. The van der Waals surface area contributed by atoms with Crippen LogP contribution in [0.1, 0.15) is 5.82 Å². The van der Waals surface area contributed by atoms with Crippen LogP contribution in [0.4, 0.5) is 0 Å². The van der Waals surface area contributed by atoms with Crippen LogP contribution in [0.5, 0.6) is 0 Å². The second-order valence-corrected chi connectivity index (χ2v) is 3.69. The minimum Gasteiger partial charge on any atom is -0.388 e. The van der Waals surface area contributed by atoms with Crippen molar-refractivity contribution in [3.63, 3.8) is 0 Å². The molecule has 72 valence electrons. The van der Waals surface area contributed by atoms with Gasteiger partial charge in [0.15, 0.2) is 11.6 Å². The Morgan fingerprint density at radius 1 is 1.29 bits per heavy atom. The lowest BCUT2D eigenvalue weighted by molar-refractivity contribution is 0.272. The summed E-state index contributed by atoms with van der Waals surface area (Å²) in [7, 11) is 0. The van der Waals surface area contributed by atoms with Crippen molar-refractivity contribution in [3.05, 3.63) is 34.6 Å². The molecule has 0 fully saturated rings. The number of halogens is 1. The van der Waals surface area contributed by atoms with Crippen LogP contribution >= 0.6 is 15.9 Å². The Bertz CT molecular complexity index is 424. The molecule has 0 aliphatic rings. The van der Waals surface area contributed by atoms with E-state index in [9.17, 15) is 0 Å². The minimum absolute atomic E-state index is 0.121. The van der Waals surface area contributed by atoms with E-state index in [1.165, 1.54) is 0 Å². The quantitative estimate of drug-likeness (QED) is 0.857. The summed E-state index contributed by atoms with van der Waals surface area (Å²) >= 11 is 3.35. The molecule has 0 unspecified atom stereocenters. The van der Waals surface area contributed by atoms with Crippen molar-refractivity contribution >= 4 is 15.9 Å². The molecular weight excluding hydrogens is 246 g/mol. The van der Waals surface area contributed by atoms with Crippen LogP contribution in [0.25, 0.3) is 11.4 Å². The molecular formula is C9H8BrN3O. The van der Waals surface area contributed by atoms with Gasteiger partial charge in [0.05, 0.1) is 0 Å². The van der Waals surface area contributed by atoms with Crippen molar-refractivity contribution < 1.29 is 5.11 Å². The number of aliphatic hydroxyl groups excluding tert-OH is 1. The Morgan fingerprint density at radius 3 is 2.57 bits per heavy atom. The van der Waals surface area contributed by atoms with Gasteiger partial charge in [-0.2, -0.15) is 5.10 Å². The average molecular weight is 254 g/mol. The first kappa shape index (κ1) is 9.36. The number of nitrogens with one attached hydrogen (secondary N) is 1. The standard InChI is InChI=1S/C9H8BrN3O/c10-7-3-1-6(2-4-7)9-11-8(5-14)12-13-9/h1-4,14H,5H2,(H,11,12,13). The monoisotopic (exact) mass is 253 g/mol. The highest BCUT2D eigenvalue weighted by atomic mass is 79.9. The van der Waals surface area contributed by atoms with Crippen LogP contribution in [-0.2, 0) is 6.61 Å². The summed E-state index contributed by atoms with van der Waals surface area (Å²) in [5, 5.41) is 15.4. The van der Waals surface area contributed by atoms with E-state index in [2.05, 4.69) is 31.1 Å². The Labute approximate surface area is 89.1 Å². The summed E-state index contributed by atoms with van der Waals surface area (Å²) in [5.41, 5.74) is 0.921. The molecule has 0 radical (unpaired) electrons. The van der Waals surface area contributed by atoms with Crippen molar-refractivity contribution in [2.75, 3.05) is 0 Å². The predicted octanol–water partition coefficient (Wildman–Crippen LogP) is 1.73. The van der Waals surface area contributed by atoms with Crippen LogP contribution in [0, 0.1) is 0 Å². The Morgan fingerprint density at radius 2 is 2.00 bits per heavy atom. The molecule has 2 aromatic rings. The maximum Gasteiger partial charge on any atom is 0.181 e. The summed E-state index contributed by atoms with van der Waals surface area (Å²) < 4.78 is 1.01. The number of aliphatic hydroxyl groups is 1. The Hall–Kier alpha value is -1.20. The van der Waals surface area contributed by atoms with Gasteiger partial charge in [0.2, 0.25) is 0 Å². The molecule has 14 heavy (non-hydrogen) atoms. The van der Waals surface area contributed by atoms with Gasteiger partial charge in [0, 0.05) is 10.0 Å².